The summed E-state index contributed by atoms with van der Waals surface area (Å²) in [6.07, 6.45) is 4.26. The maximum atomic E-state index is 14.0. The van der Waals surface area contributed by atoms with Gasteiger partial charge in [0.1, 0.15) is 5.75 Å². The fourth-order valence-electron chi connectivity index (χ4n) is 10.2. The van der Waals surface area contributed by atoms with E-state index in [0.717, 1.165) is 64.4 Å². The number of hydrogen-bond donors (Lipinski definition) is 2. The van der Waals surface area contributed by atoms with Gasteiger partial charge in [-0.05, 0) is 111 Å². The molecular weight excluding hydrogens is 535 g/mol. The van der Waals surface area contributed by atoms with Gasteiger partial charge >= 0.3 is 6.36 Å². The number of methoxy groups -OCH3 is 1. The van der Waals surface area contributed by atoms with Crippen LogP contribution in [-0.4, -0.2) is 55.3 Å². The van der Waals surface area contributed by atoms with Gasteiger partial charge in [-0.25, -0.2) is 0 Å². The lowest BCUT2D eigenvalue weighted by Crippen LogP contribution is -2.58. The Bertz CT molecular complexity index is 1180. The van der Waals surface area contributed by atoms with Gasteiger partial charge in [0.05, 0.1) is 30.1 Å². The number of ketones is 1. The second kappa shape index (κ2) is 10.0. The molecule has 5 aliphatic rings. The van der Waals surface area contributed by atoms with Gasteiger partial charge in [-0.2, -0.15) is 0 Å². The molecule has 41 heavy (non-hydrogen) atoms. The van der Waals surface area contributed by atoms with Crippen LogP contribution in [0, 0.1) is 40.4 Å². The van der Waals surface area contributed by atoms with Gasteiger partial charge in [-0.3, -0.25) is 15.2 Å². The van der Waals surface area contributed by atoms with Crippen molar-refractivity contribution in [3.05, 3.63) is 18.2 Å². The Morgan fingerprint density at radius 1 is 1.10 bits per heavy atom. The lowest BCUT2D eigenvalue weighted by molar-refractivity contribution is -0.274. The van der Waals surface area contributed by atoms with Crippen molar-refractivity contribution in [2.75, 3.05) is 37.7 Å². The molecule has 4 fully saturated rings. The summed E-state index contributed by atoms with van der Waals surface area (Å²) in [7, 11) is 3.57. The molecule has 8 atom stereocenters. The number of hydrazine groups is 2. The smallest absolute Gasteiger partial charge is 0.406 e. The predicted octanol–water partition coefficient (Wildman–Crippen LogP) is 6.18. The number of aliphatic hydroxyl groups is 1. The number of halogens is 3. The predicted molar refractivity (Wildman–Crippen MR) is 149 cm³/mol. The molecule has 0 amide bonds. The van der Waals surface area contributed by atoms with Crippen molar-refractivity contribution in [1.29, 1.82) is 0 Å². The summed E-state index contributed by atoms with van der Waals surface area (Å²) in [6, 6.07) is 4.17. The molecule has 0 aromatic heterocycles. The van der Waals surface area contributed by atoms with Crippen molar-refractivity contribution in [2.24, 2.45) is 40.4 Å². The maximum Gasteiger partial charge on any atom is 0.573 e. The van der Waals surface area contributed by atoms with Crippen LogP contribution in [0.5, 0.6) is 5.75 Å². The first-order valence-electron chi connectivity index (χ1n) is 15.2. The zero-order valence-corrected chi connectivity index (χ0v) is 24.6. The van der Waals surface area contributed by atoms with Crippen molar-refractivity contribution in [3.63, 3.8) is 0 Å². The van der Waals surface area contributed by atoms with Crippen molar-refractivity contribution in [1.82, 2.24) is 5.12 Å². The van der Waals surface area contributed by atoms with Gasteiger partial charge in [0.2, 0.25) is 0 Å². The Kier molecular flexibility index (Phi) is 7.10. The van der Waals surface area contributed by atoms with Crippen LogP contribution in [0.2, 0.25) is 0 Å². The third kappa shape index (κ3) is 4.91. The van der Waals surface area contributed by atoms with E-state index in [-0.39, 0.29) is 34.8 Å². The number of rotatable bonds is 6. The average molecular weight is 580 g/mol. The minimum atomic E-state index is -4.76. The molecule has 0 saturated heterocycles. The first-order valence-corrected chi connectivity index (χ1v) is 15.2. The van der Waals surface area contributed by atoms with Crippen molar-refractivity contribution in [3.8, 4) is 5.75 Å². The number of benzene rings is 1. The van der Waals surface area contributed by atoms with E-state index in [1.54, 1.807) is 18.2 Å². The second-order valence-electron chi connectivity index (χ2n) is 14.1. The van der Waals surface area contributed by atoms with E-state index in [1.165, 1.54) is 12.1 Å². The van der Waals surface area contributed by atoms with Crippen molar-refractivity contribution >= 4 is 17.2 Å². The molecule has 1 aromatic carbocycles. The van der Waals surface area contributed by atoms with E-state index >= 15 is 0 Å². The summed E-state index contributed by atoms with van der Waals surface area (Å²) in [5.74, 6) is 1.98. The minimum Gasteiger partial charge on any atom is -0.406 e. The van der Waals surface area contributed by atoms with Crippen LogP contribution in [0.3, 0.4) is 0 Å². The minimum absolute atomic E-state index is 0.0399. The molecule has 0 radical (unpaired) electrons. The van der Waals surface area contributed by atoms with Gasteiger partial charge in [0.15, 0.2) is 5.78 Å². The molecule has 6 rings (SSSR count). The summed E-state index contributed by atoms with van der Waals surface area (Å²) in [5.41, 5.74) is 3.65. The molecule has 1 heterocycles. The highest BCUT2D eigenvalue weighted by molar-refractivity contribution is 5.89. The monoisotopic (exact) mass is 579 g/mol. The number of nitrogens with one attached hydrogen (secondary N) is 1. The molecule has 0 spiro atoms. The number of hydrogen-bond acceptors (Lipinski definition) is 7. The molecule has 1 aliphatic heterocycles. The fraction of sp³-hybridized carbons (Fsp3) is 0.774. The van der Waals surface area contributed by atoms with Crippen molar-refractivity contribution < 1.29 is 32.5 Å². The second-order valence-corrected chi connectivity index (χ2v) is 14.1. The first-order chi connectivity index (χ1) is 19.3. The van der Waals surface area contributed by atoms with Crippen LogP contribution in [0.25, 0.3) is 0 Å². The zero-order valence-electron chi connectivity index (χ0n) is 24.6. The Balaban J connectivity index is 1.18. The molecule has 228 valence electrons. The van der Waals surface area contributed by atoms with Gasteiger partial charge in [-0.1, -0.05) is 6.92 Å². The first kappa shape index (κ1) is 29.1. The molecule has 4 saturated carbocycles. The number of Topliss-reactive ketones (excluding diaryl/α,β-unsaturated/α-hetero) is 1. The molecule has 0 bridgehead atoms. The van der Waals surface area contributed by atoms with Crippen molar-refractivity contribution in [2.45, 2.75) is 83.6 Å². The van der Waals surface area contributed by atoms with E-state index in [4.69, 9.17) is 4.74 Å². The van der Waals surface area contributed by atoms with E-state index < -0.39 is 12.0 Å². The van der Waals surface area contributed by atoms with Gasteiger partial charge in [0, 0.05) is 26.1 Å². The molecule has 7 nitrogen and oxygen atoms in total. The third-order valence-electron chi connectivity index (χ3n) is 11.9. The summed E-state index contributed by atoms with van der Waals surface area (Å²) in [6.45, 7) is 5.25. The van der Waals surface area contributed by atoms with E-state index in [9.17, 15) is 23.1 Å². The van der Waals surface area contributed by atoms with Gasteiger partial charge < -0.3 is 14.6 Å². The number of carbonyl (C=O) groups is 1. The van der Waals surface area contributed by atoms with Gasteiger partial charge in [0.25, 0.3) is 0 Å². The topological polar surface area (TPSA) is 74.3 Å². The quantitative estimate of drug-likeness (QED) is 0.417. The van der Waals surface area contributed by atoms with Crippen LogP contribution in [-0.2, 0) is 9.53 Å². The number of ether oxygens (including phenoxy) is 2. The summed E-state index contributed by atoms with van der Waals surface area (Å²) >= 11 is 0. The average Bonchev–Trinajstić information content (AvgIpc) is 3.39. The number of nitrogens with zero attached hydrogens (tertiary/aromatic N) is 2. The SMILES string of the molecule is COC[C@]12CC[C@@](C)(O)C[C@@H]1CC[C@H]1[C@@H]3CC[C@H](C(=O)CN4c5ccc(OC(F)(F)F)cc5NN4C)[C@@]3(C)CC[C@@H]12. The highest BCUT2D eigenvalue weighted by Crippen LogP contribution is 2.68. The lowest BCUT2D eigenvalue weighted by atomic mass is 9.43. The highest BCUT2D eigenvalue weighted by Gasteiger charge is 2.63. The maximum absolute atomic E-state index is 14.0. The molecular formula is C31H44F3N3O4. The molecule has 2 N–H and O–H groups in total. The van der Waals surface area contributed by atoms with Crippen LogP contribution in [0.15, 0.2) is 18.2 Å². The molecule has 1 aromatic rings. The van der Waals surface area contributed by atoms with Crippen LogP contribution < -0.4 is 15.2 Å². The summed E-state index contributed by atoms with van der Waals surface area (Å²) in [4.78, 5) is 14.0. The summed E-state index contributed by atoms with van der Waals surface area (Å²) < 4.78 is 48.1. The van der Waals surface area contributed by atoms with Crippen LogP contribution in [0.4, 0.5) is 24.5 Å². The Morgan fingerprint density at radius 2 is 1.88 bits per heavy atom. The zero-order chi connectivity index (χ0) is 29.4. The fourth-order valence-corrected chi connectivity index (χ4v) is 10.2. The third-order valence-corrected chi connectivity index (χ3v) is 11.9. The largest absolute Gasteiger partial charge is 0.573 e. The number of carbonyl (C=O) groups excluding carboxylic acids is 1. The molecule has 10 heteroatoms. The van der Waals surface area contributed by atoms with Crippen LogP contribution >= 0.6 is 0 Å². The highest BCUT2D eigenvalue weighted by atomic mass is 19.4. The standard InChI is InChI=1S/C31H44F3N3O4/c1-28(39)13-14-30(18-40-4)19(16-28)5-7-21-22-8-9-24(29(22,2)12-11-23(21)30)27(38)17-37-26-10-6-20(41-31(32,33)34)15-25(26)35-36(37)3/h6,10,15,19,21-24,35,39H,5,7-9,11-14,16-18H2,1-4H3/t19-,21-,22-,23-,24+,28+,29-,30+/m0/s1. The van der Waals surface area contributed by atoms with E-state index in [1.807, 2.05) is 19.0 Å². The van der Waals surface area contributed by atoms with Gasteiger partial charge in [-0.15, -0.1) is 18.3 Å². The Hall–Kier alpha value is -2.04. The van der Waals surface area contributed by atoms with E-state index in [2.05, 4.69) is 17.1 Å². The normalized spacial score (nSPS) is 40.3. The number of fused-ring (bicyclic) bond motifs is 6. The van der Waals surface area contributed by atoms with Crippen LogP contribution in [0.1, 0.15) is 71.6 Å². The molecule has 0 unspecified atom stereocenters. The summed E-state index contributed by atoms with van der Waals surface area (Å²) in [5, 5.41) is 14.4. The lowest BCUT2D eigenvalue weighted by Gasteiger charge is -2.62. The number of alkyl halides is 3. The molecule has 4 aliphatic carbocycles. The Labute approximate surface area is 240 Å². The number of anilines is 2. The van der Waals surface area contributed by atoms with E-state index in [0.29, 0.717) is 35.0 Å². The Morgan fingerprint density at radius 3 is 2.61 bits per heavy atom.